The molecule has 4 nitrogen and oxygen atoms in total. The number of thiophene rings is 2. The molecule has 0 aliphatic carbocycles. The van der Waals surface area contributed by atoms with Gasteiger partial charge in [-0.1, -0.05) is 140 Å². The molecular formula is C61H36N4S2. The van der Waals surface area contributed by atoms with Gasteiger partial charge in [0.2, 0.25) is 0 Å². The predicted octanol–water partition coefficient (Wildman–Crippen LogP) is 17.3. The van der Waals surface area contributed by atoms with Crippen molar-refractivity contribution in [3.63, 3.8) is 0 Å². The summed E-state index contributed by atoms with van der Waals surface area (Å²) in [5.41, 5.74) is 13.5. The monoisotopic (exact) mass is 888 g/mol. The molecule has 0 bridgehead atoms. The van der Waals surface area contributed by atoms with Crippen molar-refractivity contribution in [1.82, 2.24) is 18.7 Å². The van der Waals surface area contributed by atoms with Gasteiger partial charge in [0.1, 0.15) is 5.82 Å². The lowest BCUT2D eigenvalue weighted by molar-refractivity contribution is 1.10. The van der Waals surface area contributed by atoms with Crippen molar-refractivity contribution < 1.29 is 0 Å². The minimum absolute atomic E-state index is 0.920. The Hall–Kier alpha value is -8.29. The fourth-order valence-corrected chi connectivity index (χ4v) is 13.4. The lowest BCUT2D eigenvalue weighted by atomic mass is 10.0. The predicted molar refractivity (Wildman–Crippen MR) is 286 cm³/mol. The molecule has 312 valence electrons. The van der Waals surface area contributed by atoms with Crippen LogP contribution in [0.5, 0.6) is 0 Å². The lowest BCUT2D eigenvalue weighted by Crippen LogP contribution is -2.00. The topological polar surface area (TPSA) is 27.7 Å². The molecule has 0 aliphatic heterocycles. The fraction of sp³-hybridized carbons (Fsp3) is 0. The van der Waals surface area contributed by atoms with E-state index >= 15 is 0 Å². The van der Waals surface area contributed by atoms with Crippen LogP contribution in [0.25, 0.3) is 135 Å². The number of imidazole rings is 1. The van der Waals surface area contributed by atoms with E-state index in [1.165, 1.54) is 84.0 Å². The van der Waals surface area contributed by atoms with Crippen molar-refractivity contribution in [1.29, 1.82) is 0 Å². The number of aromatic nitrogens is 4. The van der Waals surface area contributed by atoms with Crippen LogP contribution in [-0.4, -0.2) is 18.7 Å². The first-order chi connectivity index (χ1) is 33.2. The first kappa shape index (κ1) is 37.0. The van der Waals surface area contributed by atoms with E-state index in [-0.39, 0.29) is 0 Å². The van der Waals surface area contributed by atoms with Crippen LogP contribution in [-0.2, 0) is 0 Å². The summed E-state index contributed by atoms with van der Waals surface area (Å²) in [6, 6.07) is 80.0. The molecule has 0 spiro atoms. The third-order valence-corrected chi connectivity index (χ3v) is 16.2. The Morgan fingerprint density at radius 3 is 1.36 bits per heavy atom. The first-order valence-corrected chi connectivity index (χ1v) is 24.3. The second-order valence-corrected chi connectivity index (χ2v) is 19.6. The van der Waals surface area contributed by atoms with Crippen LogP contribution >= 0.6 is 22.7 Å². The highest BCUT2D eigenvalue weighted by atomic mass is 32.1. The number of fused-ring (bicyclic) bond motifs is 15. The molecular weight excluding hydrogens is 853 g/mol. The maximum Gasteiger partial charge on any atom is 0.145 e. The van der Waals surface area contributed by atoms with Crippen LogP contribution in [0.1, 0.15) is 0 Å². The highest BCUT2D eigenvalue weighted by molar-refractivity contribution is 7.27. The average Bonchev–Trinajstić information content (AvgIpc) is 4.21. The summed E-state index contributed by atoms with van der Waals surface area (Å²) < 4.78 is 12.6. The molecule has 0 radical (unpaired) electrons. The zero-order chi connectivity index (χ0) is 43.7. The van der Waals surface area contributed by atoms with Gasteiger partial charge < -0.3 is 9.13 Å². The Bertz CT molecular complexity index is 4300. The summed E-state index contributed by atoms with van der Waals surface area (Å²) in [6.07, 6.45) is 0. The van der Waals surface area contributed by atoms with Crippen LogP contribution < -0.4 is 0 Å². The molecule has 10 aromatic carbocycles. The summed E-state index contributed by atoms with van der Waals surface area (Å²) in [5.74, 6) is 0.920. The highest BCUT2D eigenvalue weighted by Crippen LogP contribution is 2.46. The van der Waals surface area contributed by atoms with Gasteiger partial charge in [-0.2, -0.15) is 0 Å². The van der Waals surface area contributed by atoms with Crippen LogP contribution in [0.2, 0.25) is 0 Å². The molecule has 0 fully saturated rings. The van der Waals surface area contributed by atoms with Gasteiger partial charge in [0.05, 0.1) is 33.1 Å². The van der Waals surface area contributed by atoms with E-state index in [1.807, 2.05) is 22.7 Å². The van der Waals surface area contributed by atoms with E-state index in [0.29, 0.717) is 0 Å². The molecule has 0 saturated carbocycles. The third kappa shape index (κ3) is 5.37. The second-order valence-electron chi connectivity index (χ2n) is 17.5. The molecule has 0 amide bonds. The number of benzene rings is 10. The summed E-state index contributed by atoms with van der Waals surface area (Å²) >= 11 is 3.80. The first-order valence-electron chi connectivity index (χ1n) is 22.7. The van der Waals surface area contributed by atoms with Gasteiger partial charge in [-0.25, -0.2) is 4.98 Å². The molecule has 0 saturated heterocycles. The van der Waals surface area contributed by atoms with Crippen molar-refractivity contribution in [3.8, 4) is 39.6 Å². The number of nitrogens with zero attached hydrogens (tertiary/aromatic N) is 4. The summed E-state index contributed by atoms with van der Waals surface area (Å²) in [4.78, 5) is 5.20. The zero-order valence-corrected chi connectivity index (χ0v) is 37.5. The smallest absolute Gasteiger partial charge is 0.145 e. The van der Waals surface area contributed by atoms with Crippen LogP contribution in [0.15, 0.2) is 218 Å². The maximum atomic E-state index is 5.20. The summed E-state index contributed by atoms with van der Waals surface area (Å²) in [6.45, 7) is 0. The van der Waals surface area contributed by atoms with Gasteiger partial charge in [-0.3, -0.25) is 4.57 Å². The molecule has 15 aromatic rings. The Labute approximate surface area is 392 Å². The van der Waals surface area contributed by atoms with Gasteiger partial charge in [0.15, 0.2) is 0 Å². The largest absolute Gasteiger partial charge is 0.309 e. The van der Waals surface area contributed by atoms with Gasteiger partial charge in [-0.15, -0.1) is 22.7 Å². The normalized spacial score (nSPS) is 12.2. The number of hydrogen-bond acceptors (Lipinski definition) is 3. The Kier molecular flexibility index (Phi) is 7.79. The summed E-state index contributed by atoms with van der Waals surface area (Å²) in [5, 5.41) is 10.4. The number of rotatable bonds is 5. The molecule has 0 N–H and O–H groups in total. The SMILES string of the molecule is c1ccc(-n2c(-c3ccc(-c4cc(-n5c6ccccc6c6c7sc8ccccc8c7ccc65)cc(-n5c6ccccc6c6c7sc8ccccc8c7ccc65)c4)cc3)nc3ccccc32)cc1. The van der Waals surface area contributed by atoms with Crippen molar-refractivity contribution in [2.24, 2.45) is 0 Å². The van der Waals surface area contributed by atoms with Crippen LogP contribution in [0.4, 0.5) is 0 Å². The maximum absolute atomic E-state index is 5.20. The second kappa shape index (κ2) is 14.1. The Balaban J connectivity index is 0.997. The van der Waals surface area contributed by atoms with Crippen LogP contribution in [0, 0.1) is 0 Å². The number of para-hydroxylation sites is 5. The molecule has 5 heterocycles. The van der Waals surface area contributed by atoms with Crippen molar-refractivity contribution in [2.45, 2.75) is 0 Å². The molecule has 0 aliphatic rings. The van der Waals surface area contributed by atoms with Gasteiger partial charge in [-0.05, 0) is 90.0 Å². The fourth-order valence-electron chi connectivity index (χ4n) is 10.9. The Morgan fingerprint density at radius 2 is 0.776 bits per heavy atom. The van der Waals surface area contributed by atoms with E-state index in [9.17, 15) is 0 Å². The van der Waals surface area contributed by atoms with Gasteiger partial charge in [0.25, 0.3) is 0 Å². The Morgan fingerprint density at radius 1 is 0.299 bits per heavy atom. The third-order valence-electron chi connectivity index (χ3n) is 13.8. The minimum atomic E-state index is 0.920. The molecule has 0 atom stereocenters. The average molecular weight is 889 g/mol. The molecule has 0 unspecified atom stereocenters. The van der Waals surface area contributed by atoms with Gasteiger partial charge in [0, 0.05) is 84.5 Å². The van der Waals surface area contributed by atoms with E-state index in [2.05, 4.69) is 232 Å². The van der Waals surface area contributed by atoms with E-state index in [1.54, 1.807) is 0 Å². The highest BCUT2D eigenvalue weighted by Gasteiger charge is 2.22. The number of hydrogen-bond donors (Lipinski definition) is 0. The minimum Gasteiger partial charge on any atom is -0.309 e. The van der Waals surface area contributed by atoms with Crippen LogP contribution in [0.3, 0.4) is 0 Å². The van der Waals surface area contributed by atoms with Crippen molar-refractivity contribution in [3.05, 3.63) is 218 Å². The van der Waals surface area contributed by atoms with Crippen molar-refractivity contribution >= 4 is 118 Å². The van der Waals surface area contributed by atoms with Crippen molar-refractivity contribution in [2.75, 3.05) is 0 Å². The zero-order valence-electron chi connectivity index (χ0n) is 35.9. The van der Waals surface area contributed by atoms with E-state index in [4.69, 9.17) is 4.98 Å². The molecule has 67 heavy (non-hydrogen) atoms. The molecule has 5 aromatic heterocycles. The lowest BCUT2D eigenvalue weighted by Gasteiger charge is -2.16. The summed E-state index contributed by atoms with van der Waals surface area (Å²) in [7, 11) is 0. The van der Waals surface area contributed by atoms with E-state index in [0.717, 1.165) is 50.6 Å². The quantitative estimate of drug-likeness (QED) is 0.169. The van der Waals surface area contributed by atoms with E-state index < -0.39 is 0 Å². The standard InChI is InChI=1S/C61H36N4S2/c1-2-14-40(15-3-1)65-52-23-11-8-20-49(52)62-61(65)38-28-26-37(27-29-38)39-34-41(63-50-21-9-4-18-47(50)57-53(63)32-30-45-43-16-6-12-24-55(43)66-59(45)57)36-42(35-39)64-51-22-10-5-19-48(51)58-54(64)33-31-46-44-17-7-13-25-56(44)67-60(46)58/h1-36H. The van der Waals surface area contributed by atoms with Gasteiger partial charge >= 0.3 is 0 Å². The molecule has 15 rings (SSSR count). The molecule has 6 heteroatoms.